The Labute approximate surface area is 145 Å². The third kappa shape index (κ3) is 3.17. The van der Waals surface area contributed by atoms with Gasteiger partial charge < -0.3 is 21.1 Å². The van der Waals surface area contributed by atoms with Crippen LogP contribution in [0.15, 0.2) is 35.8 Å². The van der Waals surface area contributed by atoms with E-state index in [4.69, 9.17) is 15.9 Å². The molecule has 0 unspecified atom stereocenters. The predicted molar refractivity (Wildman–Crippen MR) is 91.9 cm³/mol. The number of allylic oxidation sites excluding steroid dienone is 1. The van der Waals surface area contributed by atoms with Crippen molar-refractivity contribution in [2.45, 2.75) is 37.5 Å². The molecule has 3 aliphatic rings. The molecule has 4 rings (SSSR count). The number of fused-ring (bicyclic) bond motifs is 2. The number of halogens is 1. The molecule has 2 heterocycles. The fourth-order valence-electron chi connectivity index (χ4n) is 3.45. The fourth-order valence-corrected chi connectivity index (χ4v) is 3.45. The molecule has 1 amide bonds. The zero-order valence-electron chi connectivity index (χ0n) is 13.7. The summed E-state index contributed by atoms with van der Waals surface area (Å²) in [5.41, 5.74) is 6.47. The van der Waals surface area contributed by atoms with Gasteiger partial charge in [-0.3, -0.25) is 10.2 Å². The van der Waals surface area contributed by atoms with Crippen LogP contribution in [0, 0.1) is 11.3 Å². The van der Waals surface area contributed by atoms with Crippen LogP contribution in [-0.2, 0) is 9.53 Å². The number of hydrogen-bond acceptors (Lipinski definition) is 5. The number of nitrogens with two attached hydrogens (primary N) is 1. The molecule has 132 valence electrons. The summed E-state index contributed by atoms with van der Waals surface area (Å²) in [7, 11) is 0. The molecule has 0 spiro atoms. The number of benzene rings is 1. The van der Waals surface area contributed by atoms with Gasteiger partial charge in [0, 0.05) is 29.9 Å². The molecule has 3 fully saturated rings. The second-order valence-corrected chi connectivity index (χ2v) is 6.92. The third-order valence-corrected chi connectivity index (χ3v) is 5.04. The number of carbonyl (C=O) groups excluding carboxylic acids is 1. The van der Waals surface area contributed by atoms with Gasteiger partial charge in [0.2, 0.25) is 0 Å². The van der Waals surface area contributed by atoms with E-state index < -0.39 is 17.4 Å². The molecule has 3 atom stereocenters. The highest BCUT2D eigenvalue weighted by molar-refractivity contribution is 6.47. The summed E-state index contributed by atoms with van der Waals surface area (Å²) in [6.45, 7) is 0.903. The minimum atomic E-state index is -0.918. The van der Waals surface area contributed by atoms with Crippen molar-refractivity contribution in [3.05, 3.63) is 41.4 Å². The lowest BCUT2D eigenvalue weighted by molar-refractivity contribution is -0.110. The van der Waals surface area contributed by atoms with E-state index in [-0.39, 0.29) is 23.8 Å². The summed E-state index contributed by atoms with van der Waals surface area (Å²) in [6, 6.07) is 7.58. The third-order valence-electron chi connectivity index (χ3n) is 5.04. The topological polar surface area (TPSA) is 100 Å². The second-order valence-electron chi connectivity index (χ2n) is 6.92. The van der Waals surface area contributed by atoms with Crippen LogP contribution in [0.4, 0.5) is 10.1 Å². The summed E-state index contributed by atoms with van der Waals surface area (Å²) >= 11 is 0. The molecule has 0 radical (unpaired) electrons. The molecule has 5 N–H and O–H groups in total. The zero-order valence-corrected chi connectivity index (χ0v) is 13.7. The molecule has 1 aromatic rings. The van der Waals surface area contributed by atoms with Crippen molar-refractivity contribution in [3.63, 3.8) is 0 Å². The number of anilines is 1. The minimum Gasteiger partial charge on any atom is -0.399 e. The van der Waals surface area contributed by atoms with Gasteiger partial charge in [0.05, 0.1) is 12.2 Å². The van der Waals surface area contributed by atoms with Crippen LogP contribution >= 0.6 is 0 Å². The summed E-state index contributed by atoms with van der Waals surface area (Å²) in [4.78, 5) is 12.0. The summed E-state index contributed by atoms with van der Waals surface area (Å²) in [5, 5.41) is 13.6. The number of amides is 1. The van der Waals surface area contributed by atoms with Crippen molar-refractivity contribution in [1.82, 2.24) is 5.32 Å². The van der Waals surface area contributed by atoms with Gasteiger partial charge in [0.1, 0.15) is 0 Å². The molecular weight excluding hydrogens is 323 g/mol. The number of nitrogens with one attached hydrogen (secondary N) is 3. The van der Waals surface area contributed by atoms with Crippen molar-refractivity contribution >= 4 is 17.3 Å². The van der Waals surface area contributed by atoms with E-state index in [0.717, 1.165) is 31.4 Å². The van der Waals surface area contributed by atoms with Gasteiger partial charge in [0.25, 0.3) is 5.91 Å². The molecule has 1 aliphatic carbocycles. The Hall–Kier alpha value is -2.25. The maximum atomic E-state index is 14.0. The molecule has 2 aliphatic heterocycles. The van der Waals surface area contributed by atoms with E-state index >= 15 is 0 Å². The lowest BCUT2D eigenvalue weighted by Crippen LogP contribution is -2.34. The van der Waals surface area contributed by atoms with Crippen molar-refractivity contribution in [1.29, 1.82) is 5.41 Å². The van der Waals surface area contributed by atoms with Crippen LogP contribution in [0.1, 0.15) is 30.9 Å². The Morgan fingerprint density at radius 1 is 1.32 bits per heavy atom. The van der Waals surface area contributed by atoms with E-state index in [1.807, 2.05) is 12.1 Å². The second kappa shape index (κ2) is 6.24. The van der Waals surface area contributed by atoms with E-state index in [1.165, 1.54) is 0 Å². The highest BCUT2D eigenvalue weighted by Gasteiger charge is 2.41. The number of ether oxygens (including phenoxy) is 1. The van der Waals surface area contributed by atoms with Gasteiger partial charge in [-0.15, -0.1) is 0 Å². The smallest absolute Gasteiger partial charge is 0.276 e. The van der Waals surface area contributed by atoms with Crippen molar-refractivity contribution in [2.24, 2.45) is 11.7 Å². The Balaban J connectivity index is 1.40. The summed E-state index contributed by atoms with van der Waals surface area (Å²) in [5.74, 6) is -1.74. The Kier molecular flexibility index (Phi) is 4.05. The predicted octanol–water partition coefficient (Wildman–Crippen LogP) is 2.00. The first-order valence-corrected chi connectivity index (χ1v) is 8.57. The van der Waals surface area contributed by atoms with E-state index in [1.54, 1.807) is 12.1 Å². The first-order valence-electron chi connectivity index (χ1n) is 8.57. The van der Waals surface area contributed by atoms with Crippen molar-refractivity contribution in [2.75, 3.05) is 11.9 Å². The van der Waals surface area contributed by atoms with Gasteiger partial charge in [-0.05, 0) is 37.0 Å². The normalized spacial score (nSPS) is 28.6. The van der Waals surface area contributed by atoms with Crippen molar-refractivity contribution in [3.8, 4) is 0 Å². The monoisotopic (exact) mass is 344 g/mol. The molecule has 1 saturated carbocycles. The first kappa shape index (κ1) is 16.2. The number of carbonyl (C=O) groups is 1. The van der Waals surface area contributed by atoms with Crippen LogP contribution in [0.25, 0.3) is 0 Å². The molecule has 6 nitrogen and oxygen atoms in total. The Bertz CT molecular complexity index is 742. The van der Waals surface area contributed by atoms with Gasteiger partial charge in [-0.25, -0.2) is 4.39 Å². The molecule has 2 saturated heterocycles. The van der Waals surface area contributed by atoms with E-state index in [9.17, 15) is 9.18 Å². The average molecular weight is 344 g/mol. The Morgan fingerprint density at radius 2 is 2.04 bits per heavy atom. The highest BCUT2D eigenvalue weighted by atomic mass is 19.1. The van der Waals surface area contributed by atoms with Crippen LogP contribution in [0.2, 0.25) is 0 Å². The largest absolute Gasteiger partial charge is 0.399 e. The van der Waals surface area contributed by atoms with Gasteiger partial charge in [0.15, 0.2) is 11.5 Å². The van der Waals surface area contributed by atoms with Crippen molar-refractivity contribution < 1.29 is 13.9 Å². The van der Waals surface area contributed by atoms with Crippen LogP contribution in [0.3, 0.4) is 0 Å². The van der Waals surface area contributed by atoms with Crippen LogP contribution in [-0.4, -0.2) is 30.3 Å². The zero-order chi connectivity index (χ0) is 17.6. The maximum Gasteiger partial charge on any atom is 0.276 e. The molecule has 0 aromatic heterocycles. The lowest BCUT2D eigenvalue weighted by Gasteiger charge is -2.23. The fraction of sp³-hybridized carbons (Fsp3) is 0.444. The standard InChI is InChI=1S/C18H21FN4O2/c19-14(15(20)9-1-2-9)16(21)18(24)23-11-5-3-10(4-6-11)17-13-7-12(25-17)8-22-13/h3-6,9,12-13,17,21-22H,1-2,7-8,20H2,(H,23,24)/t12-,13-,17+/m1/s1. The summed E-state index contributed by atoms with van der Waals surface area (Å²) < 4.78 is 20.0. The molecular formula is C18H21FN4O2. The van der Waals surface area contributed by atoms with E-state index in [2.05, 4.69) is 10.6 Å². The molecule has 2 bridgehead atoms. The van der Waals surface area contributed by atoms with Crippen LogP contribution in [0.5, 0.6) is 0 Å². The lowest BCUT2D eigenvalue weighted by atomic mass is 10.0. The maximum absolute atomic E-state index is 14.0. The number of rotatable bonds is 5. The summed E-state index contributed by atoms with van der Waals surface area (Å²) in [6.07, 6.45) is 2.96. The molecule has 1 aromatic carbocycles. The Morgan fingerprint density at radius 3 is 2.60 bits per heavy atom. The quantitative estimate of drug-likeness (QED) is 0.614. The van der Waals surface area contributed by atoms with Crippen LogP contribution < -0.4 is 16.4 Å². The molecule has 7 heteroatoms. The van der Waals surface area contributed by atoms with Gasteiger partial charge >= 0.3 is 0 Å². The highest BCUT2D eigenvalue weighted by Crippen LogP contribution is 2.37. The minimum absolute atomic E-state index is 0.0106. The molecule has 25 heavy (non-hydrogen) atoms. The SMILES string of the molecule is N=C(C(=O)Nc1ccc([C@@H]2O[C@H]3CN[C@@H]2C3)cc1)C(F)=C(N)C1CC1. The average Bonchev–Trinajstić information content (AvgIpc) is 3.27. The first-order chi connectivity index (χ1) is 12.0. The number of morpholine rings is 1. The number of hydrogen-bond donors (Lipinski definition) is 4. The van der Waals surface area contributed by atoms with Gasteiger partial charge in [-0.1, -0.05) is 12.1 Å². The van der Waals surface area contributed by atoms with Gasteiger partial charge in [-0.2, -0.15) is 0 Å². The van der Waals surface area contributed by atoms with E-state index in [0.29, 0.717) is 11.7 Å².